The number of benzene rings is 1. The van der Waals surface area contributed by atoms with Gasteiger partial charge in [-0.3, -0.25) is 0 Å². The van der Waals surface area contributed by atoms with Crippen molar-refractivity contribution in [2.45, 2.75) is 51.7 Å². The number of piperidine rings is 1. The summed E-state index contributed by atoms with van der Waals surface area (Å²) in [6.07, 6.45) is 5.00. The van der Waals surface area contributed by atoms with Gasteiger partial charge < -0.3 is 10.1 Å². The first kappa shape index (κ1) is 18.4. The van der Waals surface area contributed by atoms with Crippen LogP contribution in [0.5, 0.6) is 0 Å². The number of carbonyl (C=O) groups excluding carboxylic acids is 1. The molecule has 2 aromatic rings. The van der Waals surface area contributed by atoms with Gasteiger partial charge in [0.25, 0.3) is 0 Å². The second kappa shape index (κ2) is 7.87. The summed E-state index contributed by atoms with van der Waals surface area (Å²) in [5.74, 6) is 0.560. The minimum absolute atomic E-state index is 0.344. The van der Waals surface area contributed by atoms with Crippen molar-refractivity contribution < 1.29 is 9.53 Å². The van der Waals surface area contributed by atoms with Gasteiger partial charge in [0.1, 0.15) is 11.4 Å². The van der Waals surface area contributed by atoms with Crippen molar-refractivity contribution in [2.75, 3.05) is 11.4 Å². The Bertz CT molecular complexity index is 717. The van der Waals surface area contributed by atoms with Crippen LogP contribution in [0.25, 0.3) is 0 Å². The number of para-hydroxylation sites is 1. The molecule has 1 aromatic carbocycles. The molecule has 3 rings (SSSR count). The van der Waals surface area contributed by atoms with Crippen molar-refractivity contribution in [3.05, 3.63) is 54.2 Å². The van der Waals surface area contributed by atoms with E-state index in [1.165, 1.54) is 17.7 Å². The molecule has 26 heavy (non-hydrogen) atoms. The average Bonchev–Trinajstić information content (AvgIpc) is 2.63. The Morgan fingerprint density at radius 3 is 2.50 bits per heavy atom. The summed E-state index contributed by atoms with van der Waals surface area (Å²) in [6.45, 7) is 6.62. The van der Waals surface area contributed by atoms with Gasteiger partial charge >= 0.3 is 6.09 Å². The van der Waals surface area contributed by atoms with Crippen LogP contribution in [-0.4, -0.2) is 23.2 Å². The highest BCUT2D eigenvalue weighted by molar-refractivity contribution is 5.95. The van der Waals surface area contributed by atoms with E-state index in [0.29, 0.717) is 11.9 Å². The Morgan fingerprint density at radius 2 is 1.92 bits per heavy atom. The van der Waals surface area contributed by atoms with E-state index >= 15 is 0 Å². The second-order valence-electron chi connectivity index (χ2n) is 7.60. The number of hydrogen-bond donors (Lipinski definition) is 1. The van der Waals surface area contributed by atoms with Crippen molar-refractivity contribution in [2.24, 2.45) is 0 Å². The van der Waals surface area contributed by atoms with Crippen LogP contribution >= 0.6 is 0 Å². The lowest BCUT2D eigenvalue weighted by Crippen LogP contribution is -2.34. The number of carbonyl (C=O) groups is 1. The summed E-state index contributed by atoms with van der Waals surface area (Å²) in [5, 5.41) is 3.52. The van der Waals surface area contributed by atoms with Crippen LogP contribution in [0.1, 0.15) is 51.6 Å². The Morgan fingerprint density at radius 1 is 1.15 bits per heavy atom. The van der Waals surface area contributed by atoms with E-state index < -0.39 is 11.7 Å². The fraction of sp³-hybridized carbons (Fsp3) is 0.429. The molecule has 1 fully saturated rings. The van der Waals surface area contributed by atoms with E-state index in [-0.39, 0.29) is 0 Å². The maximum atomic E-state index is 12.8. The molecule has 1 aliphatic heterocycles. The summed E-state index contributed by atoms with van der Waals surface area (Å²) in [4.78, 5) is 18.9. The molecular formula is C21H27N3O2. The number of pyridine rings is 1. The number of nitrogens with one attached hydrogen (secondary N) is 1. The van der Waals surface area contributed by atoms with Crippen molar-refractivity contribution in [1.82, 2.24) is 10.3 Å². The number of anilines is 2. The molecule has 138 valence electrons. The summed E-state index contributed by atoms with van der Waals surface area (Å²) in [6, 6.07) is 13.7. The summed E-state index contributed by atoms with van der Waals surface area (Å²) >= 11 is 0. The molecule has 1 amide bonds. The zero-order valence-electron chi connectivity index (χ0n) is 15.7. The maximum absolute atomic E-state index is 12.8. The van der Waals surface area contributed by atoms with Crippen LogP contribution < -0.4 is 10.2 Å². The normalized spacial score (nSPS) is 17.6. The Hall–Kier alpha value is -2.40. The molecule has 0 aliphatic carbocycles. The number of aromatic nitrogens is 1. The standard InChI is InChI=1S/C21H27N3O2/c1-21(2,3)26-20(25)24(17-9-5-4-6-10-17)19-13-12-16(15-23-19)18-11-7-8-14-22-18/h4-6,9-10,12-13,15,18,22H,7-8,11,14H2,1-3H3. The van der Waals surface area contributed by atoms with Gasteiger partial charge in [0.15, 0.2) is 0 Å². The van der Waals surface area contributed by atoms with Gasteiger partial charge in [-0.2, -0.15) is 0 Å². The van der Waals surface area contributed by atoms with Crippen molar-refractivity contribution >= 4 is 17.6 Å². The van der Waals surface area contributed by atoms with Crippen molar-refractivity contribution in [3.8, 4) is 0 Å². The lowest BCUT2D eigenvalue weighted by molar-refractivity contribution is 0.0598. The van der Waals surface area contributed by atoms with Gasteiger partial charge in [-0.1, -0.05) is 30.7 Å². The van der Waals surface area contributed by atoms with Gasteiger partial charge in [0.2, 0.25) is 0 Å². The molecule has 1 N–H and O–H groups in total. The number of hydrogen-bond acceptors (Lipinski definition) is 4. The second-order valence-corrected chi connectivity index (χ2v) is 7.60. The molecule has 1 aliphatic rings. The van der Waals surface area contributed by atoms with Crippen molar-refractivity contribution in [3.63, 3.8) is 0 Å². The monoisotopic (exact) mass is 353 g/mol. The minimum atomic E-state index is -0.573. The first-order valence-electron chi connectivity index (χ1n) is 9.21. The Labute approximate surface area is 155 Å². The molecule has 0 radical (unpaired) electrons. The zero-order valence-corrected chi connectivity index (χ0v) is 15.7. The van der Waals surface area contributed by atoms with Crippen LogP contribution in [0.3, 0.4) is 0 Å². The Kier molecular flexibility index (Phi) is 5.57. The fourth-order valence-corrected chi connectivity index (χ4v) is 3.09. The topological polar surface area (TPSA) is 54.5 Å². The van der Waals surface area contributed by atoms with Gasteiger partial charge in [0.05, 0.1) is 5.69 Å². The molecule has 1 unspecified atom stereocenters. The van der Waals surface area contributed by atoms with Crippen LogP contribution in [0.4, 0.5) is 16.3 Å². The maximum Gasteiger partial charge on any atom is 0.420 e. The number of nitrogens with zero attached hydrogens (tertiary/aromatic N) is 2. The third-order valence-electron chi connectivity index (χ3n) is 4.30. The zero-order chi connectivity index (χ0) is 18.6. The average molecular weight is 353 g/mol. The third kappa shape index (κ3) is 4.61. The predicted molar refractivity (Wildman–Crippen MR) is 104 cm³/mol. The molecule has 0 bridgehead atoms. The van der Waals surface area contributed by atoms with E-state index in [2.05, 4.69) is 10.3 Å². The van der Waals surface area contributed by atoms with E-state index in [1.54, 1.807) is 0 Å². The van der Waals surface area contributed by atoms with E-state index in [1.807, 2.05) is 69.4 Å². The van der Waals surface area contributed by atoms with Gasteiger partial charge in [-0.05, 0) is 63.9 Å². The Balaban J connectivity index is 1.87. The third-order valence-corrected chi connectivity index (χ3v) is 4.30. The SMILES string of the molecule is CC(C)(C)OC(=O)N(c1ccccc1)c1ccc(C2CCCCN2)cn1. The van der Waals surface area contributed by atoms with Gasteiger partial charge in [0, 0.05) is 12.2 Å². The molecular weight excluding hydrogens is 326 g/mol. The van der Waals surface area contributed by atoms with Crippen LogP contribution in [0, 0.1) is 0 Å². The first-order valence-corrected chi connectivity index (χ1v) is 9.21. The largest absolute Gasteiger partial charge is 0.443 e. The summed E-state index contributed by atoms with van der Waals surface area (Å²) in [5.41, 5.74) is 1.32. The molecule has 0 saturated carbocycles. The van der Waals surface area contributed by atoms with Crippen LogP contribution in [0.15, 0.2) is 48.7 Å². The van der Waals surface area contributed by atoms with Crippen LogP contribution in [0.2, 0.25) is 0 Å². The van der Waals surface area contributed by atoms with Gasteiger partial charge in [-0.25, -0.2) is 14.7 Å². The number of ether oxygens (including phenoxy) is 1. The first-order chi connectivity index (χ1) is 12.4. The molecule has 0 spiro atoms. The lowest BCUT2D eigenvalue weighted by Gasteiger charge is -2.27. The quantitative estimate of drug-likeness (QED) is 0.846. The van der Waals surface area contributed by atoms with Gasteiger partial charge in [-0.15, -0.1) is 0 Å². The van der Waals surface area contributed by atoms with Crippen molar-refractivity contribution in [1.29, 1.82) is 0 Å². The van der Waals surface area contributed by atoms with Crippen LogP contribution in [-0.2, 0) is 4.74 Å². The van der Waals surface area contributed by atoms with E-state index in [0.717, 1.165) is 24.2 Å². The smallest absolute Gasteiger partial charge is 0.420 e. The molecule has 1 aromatic heterocycles. The highest BCUT2D eigenvalue weighted by atomic mass is 16.6. The van der Waals surface area contributed by atoms with E-state index in [9.17, 15) is 4.79 Å². The van der Waals surface area contributed by atoms with E-state index in [4.69, 9.17) is 4.74 Å². The minimum Gasteiger partial charge on any atom is -0.443 e. The summed E-state index contributed by atoms with van der Waals surface area (Å²) < 4.78 is 5.59. The molecule has 2 heterocycles. The predicted octanol–water partition coefficient (Wildman–Crippen LogP) is 4.97. The molecule has 1 saturated heterocycles. The highest BCUT2D eigenvalue weighted by Crippen LogP contribution is 2.28. The number of rotatable bonds is 3. The molecule has 5 heteroatoms. The highest BCUT2D eigenvalue weighted by Gasteiger charge is 2.26. The lowest BCUT2D eigenvalue weighted by atomic mass is 9.99. The molecule has 5 nitrogen and oxygen atoms in total. The summed E-state index contributed by atoms with van der Waals surface area (Å²) in [7, 11) is 0. The molecule has 1 atom stereocenters. The number of amides is 1. The fourth-order valence-electron chi connectivity index (χ4n) is 3.09.